The van der Waals surface area contributed by atoms with Crippen molar-refractivity contribution in [2.45, 2.75) is 110 Å². The van der Waals surface area contributed by atoms with Crippen LogP contribution in [0.5, 0.6) is 17.2 Å². The van der Waals surface area contributed by atoms with Crippen molar-refractivity contribution in [3.8, 4) is 17.2 Å². The highest BCUT2D eigenvalue weighted by Crippen LogP contribution is 2.22. The van der Waals surface area contributed by atoms with Gasteiger partial charge in [-0.3, -0.25) is 24.8 Å². The molecule has 6 aromatic rings. The molecule has 0 radical (unpaired) electrons. The first-order valence-electron chi connectivity index (χ1n) is 25.2. The molecular weight excluding hydrogens is 923 g/mol. The molecule has 370 valence electrons. The summed E-state index contributed by atoms with van der Waals surface area (Å²) in [6.45, 7) is 10.9. The lowest BCUT2D eigenvalue weighted by Crippen LogP contribution is -2.30. The van der Waals surface area contributed by atoms with E-state index in [0.717, 1.165) is 97.4 Å². The third kappa shape index (κ3) is 22.4. The molecule has 7 rings (SSSR count). The molecule has 0 amide bonds. The second-order valence-corrected chi connectivity index (χ2v) is 18.5. The van der Waals surface area contributed by atoms with Crippen molar-refractivity contribution in [2.75, 3.05) is 52.3 Å². The first-order chi connectivity index (χ1) is 34.0. The quantitative estimate of drug-likeness (QED) is 0.0383. The first-order valence-corrected chi connectivity index (χ1v) is 26.3. The van der Waals surface area contributed by atoms with E-state index in [9.17, 15) is 5.11 Å². The van der Waals surface area contributed by atoms with Gasteiger partial charge in [0.05, 0.1) is 31.3 Å². The van der Waals surface area contributed by atoms with Gasteiger partial charge in [-0.05, 0) is 126 Å². The smallest absolute Gasteiger partial charge is 0.123 e. The number of aromatic nitrogens is 3. The number of nitrogens with zero attached hydrogens (tertiary/aromatic N) is 6. The number of hydrogen-bond acceptors (Lipinski definition) is 10. The van der Waals surface area contributed by atoms with E-state index in [1.807, 2.05) is 97.3 Å². The summed E-state index contributed by atoms with van der Waals surface area (Å²) in [6.07, 6.45) is 19.8. The number of nitrogens with one attached hydrogen (secondary N) is 1. The number of benzene rings is 3. The number of likely N-dealkylation sites (tertiary alicyclic amines) is 1. The average molecular weight is 1000 g/mol. The van der Waals surface area contributed by atoms with Crippen LogP contribution in [0.4, 0.5) is 0 Å². The lowest BCUT2D eigenvalue weighted by Gasteiger charge is -2.26. The highest BCUT2D eigenvalue weighted by molar-refractivity contribution is 9.09. The van der Waals surface area contributed by atoms with Crippen LogP contribution in [-0.4, -0.2) is 87.0 Å². The molecule has 1 saturated heterocycles. The normalized spacial score (nSPS) is 12.5. The van der Waals surface area contributed by atoms with Crippen molar-refractivity contribution < 1.29 is 14.6 Å². The topological polar surface area (TPSA) is 99.1 Å². The molecule has 0 unspecified atom stereocenters. The Hall–Kier alpha value is -5.17. The van der Waals surface area contributed by atoms with Crippen molar-refractivity contribution in [2.24, 2.45) is 0 Å². The zero-order valence-electron chi connectivity index (χ0n) is 41.4. The van der Waals surface area contributed by atoms with Gasteiger partial charge in [0.1, 0.15) is 17.2 Å². The van der Waals surface area contributed by atoms with Crippen LogP contribution in [0.25, 0.3) is 0 Å². The van der Waals surface area contributed by atoms with E-state index >= 15 is 0 Å². The van der Waals surface area contributed by atoms with Gasteiger partial charge in [-0.15, -0.1) is 0 Å². The third-order valence-electron chi connectivity index (χ3n) is 12.2. The Balaban J connectivity index is 0.000000199. The summed E-state index contributed by atoms with van der Waals surface area (Å²) in [6, 6.07) is 42.1. The lowest BCUT2D eigenvalue weighted by atomic mass is 10.1. The third-order valence-corrected chi connectivity index (χ3v) is 12.8. The monoisotopic (exact) mass is 1000 g/mol. The molecule has 0 atom stereocenters. The maximum absolute atomic E-state index is 10.1. The summed E-state index contributed by atoms with van der Waals surface area (Å²) in [5, 5.41) is 14.6. The van der Waals surface area contributed by atoms with E-state index in [2.05, 4.69) is 87.3 Å². The van der Waals surface area contributed by atoms with E-state index in [0.29, 0.717) is 5.75 Å². The minimum absolute atomic E-state index is 0.384. The molecule has 10 nitrogen and oxygen atoms in total. The van der Waals surface area contributed by atoms with Gasteiger partial charge in [0.2, 0.25) is 0 Å². The molecule has 0 saturated carbocycles. The Morgan fingerprint density at radius 3 is 1.54 bits per heavy atom. The van der Waals surface area contributed by atoms with Crippen LogP contribution in [0.2, 0.25) is 0 Å². The van der Waals surface area contributed by atoms with Crippen LogP contribution in [0.3, 0.4) is 0 Å². The molecule has 1 aliphatic rings. The summed E-state index contributed by atoms with van der Waals surface area (Å²) in [7, 11) is 3.43. The number of rotatable bonds is 27. The minimum atomic E-state index is 0.384. The molecule has 1 fully saturated rings. The number of alkyl halides is 1. The van der Waals surface area contributed by atoms with Crippen molar-refractivity contribution in [1.29, 1.82) is 0 Å². The van der Waals surface area contributed by atoms with E-state index < -0.39 is 0 Å². The zero-order valence-corrected chi connectivity index (χ0v) is 43.0. The van der Waals surface area contributed by atoms with Gasteiger partial charge >= 0.3 is 0 Å². The molecule has 2 N–H and O–H groups in total. The van der Waals surface area contributed by atoms with Gasteiger partial charge in [-0.2, -0.15) is 0 Å². The largest absolute Gasteiger partial charge is 0.508 e. The number of phenols is 1. The molecule has 1 aliphatic heterocycles. The summed E-state index contributed by atoms with van der Waals surface area (Å²) in [4.78, 5) is 20.7. The number of hydrogen-bond donors (Lipinski definition) is 2. The minimum Gasteiger partial charge on any atom is -0.508 e. The number of phenolic OH excluding ortho intramolecular Hbond substituents is 1. The predicted octanol–water partition coefficient (Wildman–Crippen LogP) is 12.3. The van der Waals surface area contributed by atoms with E-state index in [-0.39, 0.29) is 0 Å². The van der Waals surface area contributed by atoms with Crippen LogP contribution in [0, 0.1) is 0 Å². The number of aromatic hydroxyl groups is 1. The molecule has 0 spiro atoms. The van der Waals surface area contributed by atoms with E-state index in [1.165, 1.54) is 95.8 Å². The van der Waals surface area contributed by atoms with Gasteiger partial charge in [0, 0.05) is 79.9 Å². The first kappa shape index (κ1) is 54.8. The molecule has 3 aromatic heterocycles. The Morgan fingerprint density at radius 2 is 0.986 bits per heavy atom. The summed E-state index contributed by atoms with van der Waals surface area (Å²) < 4.78 is 10.8. The maximum atomic E-state index is 10.1. The SMILES string of the molecule is COc1ccccc1CN(CCCCCCBr)Cc1ccccn1.COc1ccccc1CNCc1ccccn1.Oc1ccccc1CN(CCCCCCN1CCCCC1)Cc1ccccn1. The number of methoxy groups -OCH3 is 2. The molecule has 69 heavy (non-hydrogen) atoms. The van der Waals surface area contributed by atoms with Crippen LogP contribution in [0.15, 0.2) is 146 Å². The van der Waals surface area contributed by atoms with Crippen molar-refractivity contribution in [3.05, 3.63) is 180 Å². The van der Waals surface area contributed by atoms with Crippen LogP contribution < -0.4 is 14.8 Å². The van der Waals surface area contributed by atoms with E-state index in [4.69, 9.17) is 9.47 Å². The predicted molar refractivity (Wildman–Crippen MR) is 287 cm³/mol. The second kappa shape index (κ2) is 34.2. The van der Waals surface area contributed by atoms with Crippen LogP contribution in [0.1, 0.15) is 104 Å². The number of unbranched alkanes of at least 4 members (excludes halogenated alkanes) is 6. The van der Waals surface area contributed by atoms with Gasteiger partial charge < -0.3 is 24.8 Å². The van der Waals surface area contributed by atoms with Crippen molar-refractivity contribution >= 4 is 15.9 Å². The number of para-hydroxylation sites is 3. The van der Waals surface area contributed by atoms with Gasteiger partial charge in [0.15, 0.2) is 0 Å². The Kier molecular flexibility index (Phi) is 27.1. The zero-order chi connectivity index (χ0) is 48.4. The van der Waals surface area contributed by atoms with Crippen LogP contribution in [-0.2, 0) is 39.3 Å². The summed E-state index contributed by atoms with van der Waals surface area (Å²) in [5.41, 5.74) is 6.63. The number of ether oxygens (including phenoxy) is 2. The van der Waals surface area contributed by atoms with Crippen LogP contribution >= 0.6 is 15.9 Å². The maximum Gasteiger partial charge on any atom is 0.123 e. The fourth-order valence-corrected chi connectivity index (χ4v) is 8.89. The summed E-state index contributed by atoms with van der Waals surface area (Å²) in [5.74, 6) is 2.26. The van der Waals surface area contributed by atoms with E-state index in [1.54, 1.807) is 26.5 Å². The fraction of sp³-hybridized carbons (Fsp3) is 0.431. The fourth-order valence-electron chi connectivity index (χ4n) is 8.50. The van der Waals surface area contributed by atoms with Gasteiger partial charge in [-0.1, -0.05) is 121 Å². The number of pyridine rings is 3. The molecule has 4 heterocycles. The molecule has 3 aromatic carbocycles. The highest BCUT2D eigenvalue weighted by atomic mass is 79.9. The molecular formula is C58H78BrN7O3. The molecule has 0 aliphatic carbocycles. The van der Waals surface area contributed by atoms with Gasteiger partial charge in [-0.25, -0.2) is 0 Å². The highest BCUT2D eigenvalue weighted by Gasteiger charge is 2.13. The van der Waals surface area contributed by atoms with Gasteiger partial charge in [0.25, 0.3) is 0 Å². The number of halogens is 1. The molecule has 0 bridgehead atoms. The Bertz CT molecular complexity index is 2200. The molecule has 11 heteroatoms. The average Bonchev–Trinajstić information content (AvgIpc) is 3.40. The summed E-state index contributed by atoms with van der Waals surface area (Å²) >= 11 is 3.50. The number of piperidine rings is 1. The standard InChI is InChI=1S/C24H35N3O.C20H27BrN2O.C14H16N2O/c28-24-14-5-4-12-22(24)20-27(21-23-13-6-7-15-25-23)19-9-2-1-8-16-26-17-10-3-11-18-26;1-24-20-12-5-4-10-18(20)16-23(15-9-3-2-7-13-21)17-19-11-6-8-14-22-19;1-17-14-8-3-2-6-12(14)10-15-11-13-7-4-5-9-16-13/h4-7,12-15,28H,1-3,8-11,16-21H2;4-6,8,10-12,14H,2-3,7,9,13,15-17H2,1H3;2-9,15H,10-11H2,1H3. The van der Waals surface area contributed by atoms with Crippen molar-refractivity contribution in [3.63, 3.8) is 0 Å². The lowest BCUT2D eigenvalue weighted by molar-refractivity contribution is 0.220. The Labute approximate surface area is 422 Å². The second-order valence-electron chi connectivity index (χ2n) is 17.7. The Morgan fingerprint density at radius 1 is 0.507 bits per heavy atom. The van der Waals surface area contributed by atoms with Crippen molar-refractivity contribution in [1.82, 2.24) is 35.0 Å².